The third-order valence-corrected chi connectivity index (χ3v) is 14.7. The second kappa shape index (κ2) is 22.2. The number of β-amino-alcohol motifs (C(OH)–C–C–N with tert-alkyl or cyclic N) is 1. The number of anilines is 1. The monoisotopic (exact) mass is 973 g/mol. The number of H-pyrrole nitrogens is 1. The molecule has 0 spiro atoms. The van der Waals surface area contributed by atoms with Crippen molar-refractivity contribution >= 4 is 74.1 Å². The molecule has 0 radical (unpaired) electrons. The van der Waals surface area contributed by atoms with E-state index < -0.39 is 29.5 Å². The summed E-state index contributed by atoms with van der Waals surface area (Å²) in [5.41, 5.74) is 7.06. The Labute approximate surface area is 413 Å². The molecular weight excluding hydrogens is 907 g/mol. The first-order valence-corrected chi connectivity index (χ1v) is 25.6. The zero-order chi connectivity index (χ0) is 49.5. The molecule has 3 aliphatic rings. The van der Waals surface area contributed by atoms with Gasteiger partial charge in [-0.25, -0.2) is 9.97 Å². The second-order valence-corrected chi connectivity index (χ2v) is 21.0. The molecule has 2 fully saturated rings. The Kier molecular flexibility index (Phi) is 15.9. The molecule has 1 aliphatic carbocycles. The zero-order valence-corrected chi connectivity index (χ0v) is 41.7. The number of aromatic nitrogens is 5. The Balaban J connectivity index is 0.729. The molecule has 18 heteroatoms. The smallest absolute Gasteiger partial charge is 0.255 e. The highest BCUT2D eigenvalue weighted by molar-refractivity contribution is 7.11. The Hall–Kier alpha value is -6.24. The van der Waals surface area contributed by atoms with E-state index in [9.17, 15) is 29.1 Å². The van der Waals surface area contributed by atoms with Crippen molar-refractivity contribution in [2.75, 3.05) is 31.5 Å². The largest absolute Gasteiger partial charge is 0.391 e. The van der Waals surface area contributed by atoms with Gasteiger partial charge < -0.3 is 36.3 Å². The Bertz CT molecular complexity index is 2770. The molecule has 5 amide bonds. The van der Waals surface area contributed by atoms with Crippen molar-refractivity contribution in [3.05, 3.63) is 88.3 Å². The van der Waals surface area contributed by atoms with Gasteiger partial charge in [0, 0.05) is 61.6 Å². The normalized spacial score (nSPS) is 19.9. The van der Waals surface area contributed by atoms with E-state index in [1.54, 1.807) is 28.3 Å². The van der Waals surface area contributed by atoms with Crippen molar-refractivity contribution in [1.29, 1.82) is 0 Å². The summed E-state index contributed by atoms with van der Waals surface area (Å²) in [4.78, 5) is 84.2. The number of nitrogens with one attached hydrogen (secondary N) is 5. The van der Waals surface area contributed by atoms with E-state index in [1.165, 1.54) is 17.7 Å². The third-order valence-electron chi connectivity index (χ3n) is 13.7. The van der Waals surface area contributed by atoms with Crippen molar-refractivity contribution in [1.82, 2.24) is 50.5 Å². The molecule has 3 aromatic heterocycles. The van der Waals surface area contributed by atoms with Gasteiger partial charge >= 0.3 is 0 Å². The number of carbonyl (C=O) groups excluding carboxylic acids is 5. The first-order chi connectivity index (χ1) is 33.6. The summed E-state index contributed by atoms with van der Waals surface area (Å²) >= 11 is 1.60. The molecule has 8 rings (SSSR count). The predicted octanol–water partition coefficient (Wildman–Crippen LogP) is 6.25. The Morgan fingerprint density at radius 2 is 1.83 bits per heavy atom. The van der Waals surface area contributed by atoms with Gasteiger partial charge in [-0.1, -0.05) is 45.4 Å². The van der Waals surface area contributed by atoms with Crippen LogP contribution in [-0.4, -0.2) is 120 Å². The summed E-state index contributed by atoms with van der Waals surface area (Å²) in [6.45, 7) is 12.9. The number of unbranched alkanes of at least 4 members (excludes halogenated alkanes) is 2. The van der Waals surface area contributed by atoms with Crippen LogP contribution in [0.15, 0.2) is 66.3 Å². The average Bonchev–Trinajstić information content (AvgIpc) is 4.19. The summed E-state index contributed by atoms with van der Waals surface area (Å²) < 4.78 is 1.80. The van der Waals surface area contributed by atoms with E-state index in [4.69, 9.17) is 4.98 Å². The van der Waals surface area contributed by atoms with Crippen LogP contribution < -0.4 is 21.3 Å². The minimum absolute atomic E-state index is 0.0103. The number of carbonyl (C=O) groups is 5. The van der Waals surface area contributed by atoms with Crippen molar-refractivity contribution in [2.24, 2.45) is 11.3 Å². The molecule has 17 nitrogen and oxygen atoms in total. The molecule has 5 aromatic rings. The van der Waals surface area contributed by atoms with Gasteiger partial charge in [0.25, 0.3) is 5.91 Å². The number of aromatic amines is 1. The lowest BCUT2D eigenvalue weighted by molar-refractivity contribution is -0.144. The van der Waals surface area contributed by atoms with Gasteiger partial charge in [0.1, 0.15) is 17.9 Å². The van der Waals surface area contributed by atoms with E-state index in [0.29, 0.717) is 62.6 Å². The number of hydrogen-bond donors (Lipinski definition) is 6. The topological polar surface area (TPSA) is 220 Å². The van der Waals surface area contributed by atoms with Gasteiger partial charge in [-0.2, -0.15) is 5.10 Å². The molecule has 70 heavy (non-hydrogen) atoms. The van der Waals surface area contributed by atoms with E-state index in [2.05, 4.69) is 66.4 Å². The lowest BCUT2D eigenvalue weighted by Crippen LogP contribution is -2.57. The first-order valence-electron chi connectivity index (χ1n) is 24.7. The van der Waals surface area contributed by atoms with Crippen LogP contribution in [0.4, 0.5) is 5.69 Å². The number of amides is 5. The standard InChI is InChI=1S/C52H67N11O6S/c1-32-10-9-22-61(32)30-44-58-40-19-18-38(25-41(40)59-44)57-49(67)36-17-20-42-37(24-36)28-56-63(42)23-21-53-45(65)11-7-6-8-12-46(66)60-48(52(3,4)5)51(69)62-29-39(64)26-43(62)50(68)54-27-34-13-15-35(16-14-34)47-33(2)55-31-70-47/h13,15-20,24-25,28,31-32,34,39,43,48,64H,6-12,14,21-23,26-27,29-30H2,1-5H3,(H,53,65)(H,54,68)(H,57,67)(H,58,59)(H,60,66)/t32-,34?,39?,43-,48+/m0/s1. The molecular formula is C52H67N11O6S. The van der Waals surface area contributed by atoms with E-state index >= 15 is 0 Å². The summed E-state index contributed by atoms with van der Waals surface area (Å²) in [5, 5.41) is 27.8. The second-order valence-electron chi connectivity index (χ2n) is 20.2. The maximum atomic E-state index is 14.0. The summed E-state index contributed by atoms with van der Waals surface area (Å²) in [6.07, 6.45) is 12.7. The van der Waals surface area contributed by atoms with Crippen LogP contribution >= 0.6 is 11.3 Å². The number of aliphatic hydroxyl groups is 1. The van der Waals surface area contributed by atoms with Crippen LogP contribution in [0.1, 0.15) is 112 Å². The number of likely N-dealkylation sites (tertiary alicyclic amines) is 2. The number of imidazole rings is 1. The maximum Gasteiger partial charge on any atom is 0.255 e. The third kappa shape index (κ3) is 12.4. The fourth-order valence-electron chi connectivity index (χ4n) is 9.65. The van der Waals surface area contributed by atoms with E-state index in [0.717, 1.165) is 63.4 Å². The summed E-state index contributed by atoms with van der Waals surface area (Å²) in [5.74, 6) is -0.313. The number of fused-ring (bicyclic) bond motifs is 2. The summed E-state index contributed by atoms with van der Waals surface area (Å²) in [7, 11) is 0. The number of nitrogens with zero attached hydrogens (tertiary/aromatic N) is 6. The highest BCUT2D eigenvalue weighted by Crippen LogP contribution is 2.30. The van der Waals surface area contributed by atoms with Crippen LogP contribution in [0, 0.1) is 18.3 Å². The molecule has 2 aliphatic heterocycles. The van der Waals surface area contributed by atoms with Gasteiger partial charge in [0.15, 0.2) is 0 Å². The van der Waals surface area contributed by atoms with Crippen LogP contribution in [0.3, 0.4) is 0 Å². The zero-order valence-electron chi connectivity index (χ0n) is 40.9. The number of hydrogen-bond acceptors (Lipinski definition) is 11. The predicted molar refractivity (Wildman–Crippen MR) is 272 cm³/mol. The van der Waals surface area contributed by atoms with E-state index in [1.807, 2.05) is 63.5 Å². The SMILES string of the molecule is Cc1ncsc1C1=CCC(CNC(=O)[C@@H]2CC(O)CN2C(=O)[C@@H](NC(=O)CCCCCC(=O)NCCn2ncc3cc(C(=O)Nc4ccc5nc(CN6CCC[C@@H]6C)[nH]c5c4)ccc32)C(C)(C)C)C=C1. The van der Waals surface area contributed by atoms with Crippen molar-refractivity contribution in [3.63, 3.8) is 0 Å². The molecule has 0 bridgehead atoms. The van der Waals surface area contributed by atoms with Crippen LogP contribution in [0.2, 0.25) is 0 Å². The number of aryl methyl sites for hydroxylation is 1. The minimum Gasteiger partial charge on any atom is -0.391 e. The number of allylic oxidation sites excluding steroid dienone is 3. The molecule has 372 valence electrons. The van der Waals surface area contributed by atoms with Crippen molar-refractivity contribution in [3.8, 4) is 0 Å². The van der Waals surface area contributed by atoms with E-state index in [-0.39, 0.29) is 48.9 Å². The number of benzene rings is 2. The fourth-order valence-corrected chi connectivity index (χ4v) is 10.5. The van der Waals surface area contributed by atoms with Gasteiger partial charge in [-0.05, 0) is 106 Å². The molecule has 2 aromatic carbocycles. The quantitative estimate of drug-likeness (QED) is 0.0511. The molecule has 0 saturated carbocycles. The van der Waals surface area contributed by atoms with Crippen LogP contribution in [0.5, 0.6) is 0 Å². The van der Waals surface area contributed by atoms with Crippen LogP contribution in [-0.2, 0) is 32.3 Å². The van der Waals surface area contributed by atoms with Crippen molar-refractivity contribution < 1.29 is 29.1 Å². The first kappa shape index (κ1) is 50.2. The fraction of sp³-hybridized carbons (Fsp3) is 0.500. The molecule has 2 saturated heterocycles. The van der Waals surface area contributed by atoms with Gasteiger partial charge in [0.05, 0.1) is 58.0 Å². The Morgan fingerprint density at radius 1 is 1.01 bits per heavy atom. The molecule has 6 N–H and O–H groups in total. The molecule has 5 atom stereocenters. The van der Waals surface area contributed by atoms with Crippen LogP contribution in [0.25, 0.3) is 27.5 Å². The van der Waals surface area contributed by atoms with Gasteiger partial charge in [-0.3, -0.25) is 33.6 Å². The minimum atomic E-state index is -0.906. The number of aliphatic hydroxyl groups excluding tert-OH is 1. The van der Waals surface area contributed by atoms with Gasteiger partial charge in [-0.15, -0.1) is 11.3 Å². The highest BCUT2D eigenvalue weighted by Gasteiger charge is 2.44. The molecule has 5 heterocycles. The van der Waals surface area contributed by atoms with Crippen molar-refractivity contribution in [2.45, 2.75) is 130 Å². The maximum absolute atomic E-state index is 14.0. The highest BCUT2D eigenvalue weighted by atomic mass is 32.1. The molecule has 2 unspecified atom stereocenters. The lowest BCUT2D eigenvalue weighted by Gasteiger charge is -2.35. The number of thiazole rings is 1. The van der Waals surface area contributed by atoms with Gasteiger partial charge in [0.2, 0.25) is 23.6 Å². The number of rotatable bonds is 19. The lowest BCUT2D eigenvalue weighted by atomic mass is 9.85. The average molecular weight is 974 g/mol. The summed E-state index contributed by atoms with van der Waals surface area (Å²) in [6, 6.07) is 9.92. The Morgan fingerprint density at radius 3 is 2.56 bits per heavy atom.